The van der Waals surface area contributed by atoms with Crippen LogP contribution in [-0.2, 0) is 25.8 Å². The number of piperidine rings is 1. The van der Waals surface area contributed by atoms with E-state index in [2.05, 4.69) is 0 Å². The maximum absolute atomic E-state index is 13.1. The standard InChI is InChI=1S/C27H43N3O6S/c1-4-37(35,36)27(2,3)16-25(32)30(34)22(14-19-10-6-5-7-11-19)24(31)18-29-17-21-13-9-8-12-20(21)15-23(29)26(28)33/h5-7,10-11,20-24,31,34H,4,8-9,12-18H2,1-3H3,(H2,28,33)/t20-,21+,22?,23?,24?/m0/s1. The van der Waals surface area contributed by atoms with Crippen molar-refractivity contribution in [1.82, 2.24) is 9.96 Å². The molecule has 208 valence electrons. The quantitative estimate of drug-likeness (QED) is 0.290. The monoisotopic (exact) mass is 537 g/mol. The molecule has 9 nitrogen and oxygen atoms in total. The van der Waals surface area contributed by atoms with Crippen LogP contribution >= 0.6 is 0 Å². The predicted octanol–water partition coefficient (Wildman–Crippen LogP) is 2.15. The van der Waals surface area contributed by atoms with Crippen LogP contribution in [0.2, 0.25) is 0 Å². The van der Waals surface area contributed by atoms with E-state index in [1.54, 1.807) is 0 Å². The van der Waals surface area contributed by atoms with Crippen molar-refractivity contribution in [1.29, 1.82) is 0 Å². The van der Waals surface area contributed by atoms with Crippen molar-refractivity contribution >= 4 is 21.7 Å². The Bertz CT molecular complexity index is 1030. The van der Waals surface area contributed by atoms with Crippen LogP contribution in [0.5, 0.6) is 0 Å². The summed E-state index contributed by atoms with van der Waals surface area (Å²) in [5.41, 5.74) is 6.56. The van der Waals surface area contributed by atoms with Gasteiger partial charge in [-0.3, -0.25) is 19.7 Å². The zero-order valence-electron chi connectivity index (χ0n) is 22.3. The number of primary amides is 1. The molecule has 3 rings (SSSR count). The average Bonchev–Trinajstić information content (AvgIpc) is 2.86. The lowest BCUT2D eigenvalue weighted by atomic mass is 9.72. The molecule has 1 aromatic carbocycles. The number of hydrogen-bond donors (Lipinski definition) is 3. The van der Waals surface area contributed by atoms with Crippen LogP contribution in [0.15, 0.2) is 30.3 Å². The Morgan fingerprint density at radius 1 is 1.16 bits per heavy atom. The number of hydrogen-bond acceptors (Lipinski definition) is 7. The van der Waals surface area contributed by atoms with Gasteiger partial charge < -0.3 is 10.8 Å². The minimum absolute atomic E-state index is 0.0648. The second-order valence-corrected chi connectivity index (χ2v) is 14.2. The van der Waals surface area contributed by atoms with E-state index in [0.29, 0.717) is 29.9 Å². The topological polar surface area (TPSA) is 141 Å². The van der Waals surface area contributed by atoms with Crippen LogP contribution in [0, 0.1) is 11.8 Å². The average molecular weight is 538 g/mol. The van der Waals surface area contributed by atoms with E-state index in [-0.39, 0.29) is 18.7 Å². The predicted molar refractivity (Wildman–Crippen MR) is 141 cm³/mol. The van der Waals surface area contributed by atoms with Gasteiger partial charge in [-0.2, -0.15) is 0 Å². The van der Waals surface area contributed by atoms with Crippen molar-refractivity contribution in [3.63, 3.8) is 0 Å². The van der Waals surface area contributed by atoms with E-state index in [9.17, 15) is 28.3 Å². The second-order valence-electron chi connectivity index (χ2n) is 11.3. The van der Waals surface area contributed by atoms with Gasteiger partial charge in [-0.05, 0) is 50.5 Å². The summed E-state index contributed by atoms with van der Waals surface area (Å²) in [6.45, 7) is 5.15. The van der Waals surface area contributed by atoms with Gasteiger partial charge in [0.2, 0.25) is 11.8 Å². The number of sulfone groups is 1. The van der Waals surface area contributed by atoms with Gasteiger partial charge in [0.25, 0.3) is 0 Å². The fourth-order valence-corrected chi connectivity index (χ4v) is 7.06. The van der Waals surface area contributed by atoms with Gasteiger partial charge in [-0.25, -0.2) is 13.5 Å². The number of carbonyl (C=O) groups excluding carboxylic acids is 2. The molecular weight excluding hydrogens is 494 g/mol. The SMILES string of the molecule is CCS(=O)(=O)C(C)(C)CC(=O)N(O)C(Cc1ccccc1)C(O)CN1C[C@H]2CCCC[C@H]2CC1C(N)=O. The summed E-state index contributed by atoms with van der Waals surface area (Å²) >= 11 is 0. The molecule has 1 aliphatic heterocycles. The first kappa shape index (κ1) is 29.5. The Kier molecular flexibility index (Phi) is 9.77. The maximum Gasteiger partial charge on any atom is 0.247 e. The molecule has 37 heavy (non-hydrogen) atoms. The molecular formula is C27H43N3O6S. The number of carbonyl (C=O) groups is 2. The maximum atomic E-state index is 13.1. The molecule has 0 bridgehead atoms. The Hall–Kier alpha value is -2.01. The van der Waals surface area contributed by atoms with E-state index in [1.165, 1.54) is 20.8 Å². The highest BCUT2D eigenvalue weighted by Gasteiger charge is 2.42. The molecule has 0 radical (unpaired) electrons. The largest absolute Gasteiger partial charge is 0.390 e. The van der Waals surface area contributed by atoms with Crippen LogP contribution in [-0.4, -0.2) is 82.3 Å². The highest BCUT2D eigenvalue weighted by Crippen LogP contribution is 2.38. The molecule has 2 amide bonds. The molecule has 0 aromatic heterocycles. The molecule has 1 aliphatic carbocycles. The third-order valence-electron chi connectivity index (χ3n) is 8.35. The van der Waals surface area contributed by atoms with Crippen molar-refractivity contribution in [2.45, 2.75) is 88.7 Å². The summed E-state index contributed by atoms with van der Waals surface area (Å²) < 4.78 is 23.6. The number of aliphatic hydroxyl groups excluding tert-OH is 1. The van der Waals surface area contributed by atoms with Crippen LogP contribution in [0.1, 0.15) is 64.9 Å². The Balaban J connectivity index is 1.82. The number of rotatable bonds is 11. The summed E-state index contributed by atoms with van der Waals surface area (Å²) in [6.07, 6.45) is 3.65. The van der Waals surface area contributed by atoms with E-state index in [0.717, 1.165) is 31.2 Å². The Morgan fingerprint density at radius 3 is 2.38 bits per heavy atom. The highest BCUT2D eigenvalue weighted by atomic mass is 32.2. The number of nitrogens with two attached hydrogens (primary N) is 1. The molecule has 1 saturated carbocycles. The molecule has 1 saturated heterocycles. The van der Waals surface area contributed by atoms with Gasteiger partial charge in [-0.15, -0.1) is 0 Å². The van der Waals surface area contributed by atoms with Crippen molar-refractivity contribution in [2.24, 2.45) is 17.6 Å². The van der Waals surface area contributed by atoms with Crippen LogP contribution < -0.4 is 5.73 Å². The molecule has 1 aromatic rings. The van der Waals surface area contributed by atoms with E-state index in [1.807, 2.05) is 35.2 Å². The van der Waals surface area contributed by atoms with Gasteiger partial charge in [-0.1, -0.05) is 56.5 Å². The zero-order chi connectivity index (χ0) is 27.4. The second kappa shape index (κ2) is 12.2. The van der Waals surface area contributed by atoms with Crippen molar-refractivity contribution in [3.05, 3.63) is 35.9 Å². The number of likely N-dealkylation sites (tertiary alicyclic amines) is 1. The normalized spacial score (nSPS) is 24.6. The number of amides is 2. The number of benzene rings is 1. The fraction of sp³-hybridized carbons (Fsp3) is 0.704. The smallest absolute Gasteiger partial charge is 0.247 e. The Labute approximate surface area is 220 Å². The first-order valence-electron chi connectivity index (χ1n) is 13.3. The van der Waals surface area contributed by atoms with Gasteiger partial charge in [0, 0.05) is 25.3 Å². The van der Waals surface area contributed by atoms with E-state index in [4.69, 9.17) is 5.73 Å². The third kappa shape index (κ3) is 7.10. The molecule has 4 N–H and O–H groups in total. The van der Waals surface area contributed by atoms with Gasteiger partial charge in [0.05, 0.1) is 22.9 Å². The van der Waals surface area contributed by atoms with Gasteiger partial charge >= 0.3 is 0 Å². The first-order valence-corrected chi connectivity index (χ1v) is 15.0. The van der Waals surface area contributed by atoms with Crippen LogP contribution in [0.3, 0.4) is 0 Å². The molecule has 3 unspecified atom stereocenters. The van der Waals surface area contributed by atoms with Crippen molar-refractivity contribution < 1.29 is 28.3 Å². The lowest BCUT2D eigenvalue weighted by Crippen LogP contribution is -2.58. The summed E-state index contributed by atoms with van der Waals surface area (Å²) in [6, 6.07) is 7.63. The fourth-order valence-electron chi connectivity index (χ4n) is 5.93. The summed E-state index contributed by atoms with van der Waals surface area (Å²) in [7, 11) is -3.56. The molecule has 2 aliphatic rings. The third-order valence-corrected chi connectivity index (χ3v) is 10.9. The lowest BCUT2D eigenvalue weighted by molar-refractivity contribution is -0.188. The molecule has 5 atom stereocenters. The molecule has 1 heterocycles. The number of hydroxylamine groups is 2. The Morgan fingerprint density at radius 2 is 1.78 bits per heavy atom. The highest BCUT2D eigenvalue weighted by molar-refractivity contribution is 7.92. The first-order chi connectivity index (χ1) is 17.4. The number of fused-ring (bicyclic) bond motifs is 1. The van der Waals surface area contributed by atoms with Crippen LogP contribution in [0.4, 0.5) is 0 Å². The van der Waals surface area contributed by atoms with E-state index >= 15 is 0 Å². The summed E-state index contributed by atoms with van der Waals surface area (Å²) in [4.78, 5) is 27.4. The van der Waals surface area contributed by atoms with Crippen LogP contribution in [0.25, 0.3) is 0 Å². The van der Waals surface area contributed by atoms with Gasteiger partial charge in [0.1, 0.15) is 0 Å². The summed E-state index contributed by atoms with van der Waals surface area (Å²) in [5, 5.41) is 22.9. The zero-order valence-corrected chi connectivity index (χ0v) is 23.1. The number of β-amino-alcohol motifs (C(OH)–C–C–N with tert-alkyl or cyclic N) is 1. The van der Waals surface area contributed by atoms with E-state index < -0.39 is 51.0 Å². The van der Waals surface area contributed by atoms with Gasteiger partial charge in [0.15, 0.2) is 9.84 Å². The minimum Gasteiger partial charge on any atom is -0.390 e. The number of nitrogens with zero attached hydrogens (tertiary/aromatic N) is 2. The number of aliphatic hydroxyl groups is 1. The summed E-state index contributed by atoms with van der Waals surface area (Å²) in [5.74, 6) is -0.464. The lowest BCUT2D eigenvalue weighted by Gasteiger charge is -2.46. The van der Waals surface area contributed by atoms with Crippen molar-refractivity contribution in [2.75, 3.05) is 18.8 Å². The van der Waals surface area contributed by atoms with Crippen molar-refractivity contribution in [3.8, 4) is 0 Å². The minimum atomic E-state index is -3.56. The molecule has 0 spiro atoms. The molecule has 2 fully saturated rings. The molecule has 10 heteroatoms.